The first-order valence-corrected chi connectivity index (χ1v) is 7.93. The monoisotopic (exact) mass is 308 g/mol. The molecule has 23 heavy (non-hydrogen) atoms. The molecule has 0 fully saturated rings. The second-order valence-electron chi connectivity index (χ2n) is 5.72. The van der Waals surface area contributed by atoms with Gasteiger partial charge < -0.3 is 9.73 Å². The Balaban J connectivity index is 1.76. The molecule has 0 unspecified atom stereocenters. The van der Waals surface area contributed by atoms with Crippen molar-refractivity contribution in [1.82, 2.24) is 4.98 Å². The minimum atomic E-state index is 0.0527. The molecule has 0 bridgehead atoms. The molecule has 0 spiro atoms. The van der Waals surface area contributed by atoms with Gasteiger partial charge in [-0.25, -0.2) is 4.98 Å². The predicted octanol–water partition coefficient (Wildman–Crippen LogP) is 4.93. The largest absolute Gasteiger partial charge is 0.436 e. The lowest BCUT2D eigenvalue weighted by atomic mass is 10.2. The Morgan fingerprint density at radius 3 is 2.70 bits per heavy atom. The molecule has 0 atom stereocenters. The van der Waals surface area contributed by atoms with Gasteiger partial charge in [0.05, 0.1) is 0 Å². The molecule has 0 saturated carbocycles. The summed E-state index contributed by atoms with van der Waals surface area (Å²) in [6.45, 7) is 4.10. The van der Waals surface area contributed by atoms with Crippen molar-refractivity contribution in [2.45, 2.75) is 33.1 Å². The number of rotatable bonds is 5. The first-order chi connectivity index (χ1) is 11.2. The van der Waals surface area contributed by atoms with Crippen LogP contribution in [0.1, 0.15) is 31.7 Å². The van der Waals surface area contributed by atoms with Crippen LogP contribution in [0, 0.1) is 6.92 Å². The highest BCUT2D eigenvalue weighted by atomic mass is 16.3. The van der Waals surface area contributed by atoms with E-state index < -0.39 is 0 Å². The van der Waals surface area contributed by atoms with Crippen molar-refractivity contribution in [2.75, 3.05) is 5.32 Å². The molecule has 1 amide bonds. The molecule has 0 aliphatic rings. The van der Waals surface area contributed by atoms with E-state index in [0.717, 1.165) is 40.8 Å². The number of hydrogen-bond donors (Lipinski definition) is 1. The van der Waals surface area contributed by atoms with Crippen molar-refractivity contribution in [3.05, 3.63) is 48.0 Å². The lowest BCUT2D eigenvalue weighted by Crippen LogP contribution is -2.10. The van der Waals surface area contributed by atoms with Gasteiger partial charge in [-0.05, 0) is 55.3 Å². The van der Waals surface area contributed by atoms with E-state index in [-0.39, 0.29) is 5.91 Å². The summed E-state index contributed by atoms with van der Waals surface area (Å²) in [5, 5.41) is 2.90. The third-order valence-corrected chi connectivity index (χ3v) is 3.72. The molecule has 0 saturated heterocycles. The van der Waals surface area contributed by atoms with E-state index in [0.29, 0.717) is 12.3 Å². The van der Waals surface area contributed by atoms with Gasteiger partial charge in [0.1, 0.15) is 5.52 Å². The number of benzene rings is 2. The van der Waals surface area contributed by atoms with Crippen molar-refractivity contribution >= 4 is 22.7 Å². The molecule has 2 aromatic carbocycles. The minimum Gasteiger partial charge on any atom is -0.436 e. The molecule has 1 aromatic heterocycles. The van der Waals surface area contributed by atoms with Gasteiger partial charge >= 0.3 is 0 Å². The highest BCUT2D eigenvalue weighted by molar-refractivity contribution is 5.90. The molecule has 3 aromatic rings. The van der Waals surface area contributed by atoms with Crippen LogP contribution in [-0.2, 0) is 4.79 Å². The number of aryl methyl sites for hydroxylation is 1. The van der Waals surface area contributed by atoms with E-state index in [4.69, 9.17) is 4.42 Å². The van der Waals surface area contributed by atoms with Crippen LogP contribution in [0.2, 0.25) is 0 Å². The normalized spacial score (nSPS) is 10.9. The molecule has 1 heterocycles. The van der Waals surface area contributed by atoms with Gasteiger partial charge in [0, 0.05) is 17.7 Å². The number of nitrogens with one attached hydrogen (secondary N) is 1. The maximum absolute atomic E-state index is 11.7. The van der Waals surface area contributed by atoms with Gasteiger partial charge in [-0.2, -0.15) is 0 Å². The molecule has 4 nitrogen and oxygen atoms in total. The number of anilines is 1. The maximum atomic E-state index is 11.7. The van der Waals surface area contributed by atoms with Crippen molar-refractivity contribution in [2.24, 2.45) is 0 Å². The van der Waals surface area contributed by atoms with E-state index in [9.17, 15) is 4.79 Å². The molecule has 0 aliphatic carbocycles. The number of carbonyl (C=O) groups excluding carboxylic acids is 1. The Labute approximate surface area is 135 Å². The van der Waals surface area contributed by atoms with Crippen molar-refractivity contribution in [3.63, 3.8) is 0 Å². The fourth-order valence-electron chi connectivity index (χ4n) is 2.42. The van der Waals surface area contributed by atoms with E-state index in [2.05, 4.69) is 17.2 Å². The van der Waals surface area contributed by atoms with E-state index >= 15 is 0 Å². The standard InChI is InChI=1S/C19H20N2O2/c1-3-4-5-18(22)20-15-9-7-14(8-10-15)19-21-16-12-13(2)6-11-17(16)23-19/h6-12H,3-5H2,1-2H3,(H,20,22). The third-order valence-electron chi connectivity index (χ3n) is 3.72. The minimum absolute atomic E-state index is 0.0527. The number of aromatic nitrogens is 1. The van der Waals surface area contributed by atoms with Crippen LogP contribution in [-0.4, -0.2) is 10.9 Å². The Bertz CT molecular complexity index is 819. The fraction of sp³-hybridized carbons (Fsp3) is 0.263. The van der Waals surface area contributed by atoms with Crippen LogP contribution < -0.4 is 5.32 Å². The maximum Gasteiger partial charge on any atom is 0.227 e. The zero-order valence-electron chi connectivity index (χ0n) is 13.4. The van der Waals surface area contributed by atoms with Gasteiger partial charge in [-0.3, -0.25) is 4.79 Å². The van der Waals surface area contributed by atoms with Crippen LogP contribution >= 0.6 is 0 Å². The van der Waals surface area contributed by atoms with E-state index in [1.807, 2.05) is 49.4 Å². The van der Waals surface area contributed by atoms with E-state index in [1.54, 1.807) is 0 Å². The van der Waals surface area contributed by atoms with Crippen LogP contribution in [0.3, 0.4) is 0 Å². The van der Waals surface area contributed by atoms with Crippen molar-refractivity contribution < 1.29 is 9.21 Å². The molecule has 3 rings (SSSR count). The molecule has 4 heteroatoms. The SMILES string of the molecule is CCCCC(=O)Nc1ccc(-c2nc3cc(C)ccc3o2)cc1. The first-order valence-electron chi connectivity index (χ1n) is 7.93. The Morgan fingerprint density at radius 2 is 1.96 bits per heavy atom. The van der Waals surface area contributed by atoms with Crippen LogP contribution in [0.4, 0.5) is 5.69 Å². The summed E-state index contributed by atoms with van der Waals surface area (Å²) in [4.78, 5) is 16.3. The number of fused-ring (bicyclic) bond motifs is 1. The van der Waals surface area contributed by atoms with Gasteiger partial charge in [0.25, 0.3) is 0 Å². The number of hydrogen-bond acceptors (Lipinski definition) is 3. The first kappa shape index (κ1) is 15.3. The summed E-state index contributed by atoms with van der Waals surface area (Å²) >= 11 is 0. The topological polar surface area (TPSA) is 55.1 Å². The highest BCUT2D eigenvalue weighted by Crippen LogP contribution is 2.26. The molecular weight excluding hydrogens is 288 g/mol. The summed E-state index contributed by atoms with van der Waals surface area (Å²) in [6, 6.07) is 13.5. The third kappa shape index (κ3) is 3.59. The number of amides is 1. The van der Waals surface area contributed by atoms with E-state index in [1.165, 1.54) is 0 Å². The quantitative estimate of drug-likeness (QED) is 0.727. The summed E-state index contributed by atoms with van der Waals surface area (Å²) in [5.74, 6) is 0.645. The second kappa shape index (κ2) is 6.65. The van der Waals surface area contributed by atoms with Gasteiger partial charge in [0.2, 0.25) is 11.8 Å². The number of nitrogens with zero attached hydrogens (tertiary/aromatic N) is 1. The molecular formula is C19H20N2O2. The Morgan fingerprint density at radius 1 is 1.17 bits per heavy atom. The Hall–Kier alpha value is -2.62. The van der Waals surface area contributed by atoms with Gasteiger partial charge in [-0.1, -0.05) is 19.4 Å². The molecule has 1 N–H and O–H groups in total. The zero-order valence-corrected chi connectivity index (χ0v) is 13.4. The predicted molar refractivity (Wildman–Crippen MR) is 92.3 cm³/mol. The Kier molecular flexibility index (Phi) is 4.42. The summed E-state index contributed by atoms with van der Waals surface area (Å²) in [6.07, 6.45) is 2.48. The average molecular weight is 308 g/mol. The van der Waals surface area contributed by atoms with Crippen molar-refractivity contribution in [1.29, 1.82) is 0 Å². The summed E-state index contributed by atoms with van der Waals surface area (Å²) < 4.78 is 5.78. The summed E-state index contributed by atoms with van der Waals surface area (Å²) in [5.41, 5.74) is 4.48. The summed E-state index contributed by atoms with van der Waals surface area (Å²) in [7, 11) is 0. The molecule has 0 aliphatic heterocycles. The van der Waals surface area contributed by atoms with Gasteiger partial charge in [0.15, 0.2) is 5.58 Å². The lowest BCUT2D eigenvalue weighted by molar-refractivity contribution is -0.116. The highest BCUT2D eigenvalue weighted by Gasteiger charge is 2.09. The van der Waals surface area contributed by atoms with Crippen LogP contribution in [0.25, 0.3) is 22.6 Å². The number of oxazole rings is 1. The van der Waals surface area contributed by atoms with Crippen LogP contribution in [0.5, 0.6) is 0 Å². The smallest absolute Gasteiger partial charge is 0.227 e. The van der Waals surface area contributed by atoms with Crippen LogP contribution in [0.15, 0.2) is 46.9 Å². The second-order valence-corrected chi connectivity index (χ2v) is 5.72. The number of unbranched alkanes of at least 4 members (excludes halogenated alkanes) is 1. The molecule has 118 valence electrons. The number of carbonyl (C=O) groups is 1. The fourth-order valence-corrected chi connectivity index (χ4v) is 2.42. The van der Waals surface area contributed by atoms with Gasteiger partial charge in [-0.15, -0.1) is 0 Å². The lowest BCUT2D eigenvalue weighted by Gasteiger charge is -2.05. The van der Waals surface area contributed by atoms with Crippen molar-refractivity contribution in [3.8, 4) is 11.5 Å². The average Bonchev–Trinajstić information content (AvgIpc) is 2.96. The zero-order chi connectivity index (χ0) is 16.2. The molecule has 0 radical (unpaired) electrons.